The number of aryl methyl sites for hydroxylation is 1. The Bertz CT molecular complexity index is 434. The number of benzene rings is 1. The van der Waals surface area contributed by atoms with Crippen LogP contribution in [0.1, 0.15) is 5.56 Å². The van der Waals surface area contributed by atoms with Crippen molar-refractivity contribution in [3.8, 4) is 11.5 Å². The average Bonchev–Trinajstić information content (AvgIpc) is 1.94. The van der Waals surface area contributed by atoms with Crippen LogP contribution in [0.15, 0.2) is 17.0 Å². The van der Waals surface area contributed by atoms with Crippen molar-refractivity contribution in [1.82, 2.24) is 0 Å². The van der Waals surface area contributed by atoms with Crippen LogP contribution >= 0.6 is 0 Å². The third-order valence-electron chi connectivity index (χ3n) is 1.56. The molecule has 0 atom stereocenters. The zero-order valence-electron chi connectivity index (χ0n) is 6.72. The Kier molecular flexibility index (Phi) is 2.19. The van der Waals surface area contributed by atoms with Gasteiger partial charge in [0.25, 0.3) is 10.1 Å². The fraction of sp³-hybridized carbons (Fsp3) is 0.143. The Labute approximate surface area is 75.0 Å². The second kappa shape index (κ2) is 2.90. The van der Waals surface area contributed by atoms with E-state index in [0.29, 0.717) is 5.56 Å². The molecule has 0 aliphatic carbocycles. The molecular formula is C7H8O5S. The normalized spacial score (nSPS) is 11.5. The van der Waals surface area contributed by atoms with E-state index < -0.39 is 20.8 Å². The predicted molar refractivity (Wildman–Crippen MR) is 44.3 cm³/mol. The molecule has 0 aliphatic heterocycles. The van der Waals surface area contributed by atoms with Crippen LogP contribution in [-0.2, 0) is 10.1 Å². The SMILES string of the molecule is Cc1cc(O)c(S(=O)(=O)O)cc1O. The zero-order valence-corrected chi connectivity index (χ0v) is 7.54. The van der Waals surface area contributed by atoms with Crippen LogP contribution < -0.4 is 0 Å². The minimum atomic E-state index is -4.48. The summed E-state index contributed by atoms with van der Waals surface area (Å²) >= 11 is 0. The highest BCUT2D eigenvalue weighted by molar-refractivity contribution is 7.86. The second-order valence-corrected chi connectivity index (χ2v) is 3.97. The molecule has 1 rings (SSSR count). The Morgan fingerprint density at radius 3 is 2.15 bits per heavy atom. The van der Waals surface area contributed by atoms with E-state index in [2.05, 4.69) is 0 Å². The van der Waals surface area contributed by atoms with Gasteiger partial charge in [0.2, 0.25) is 0 Å². The van der Waals surface area contributed by atoms with Gasteiger partial charge in [-0.1, -0.05) is 0 Å². The smallest absolute Gasteiger partial charge is 0.298 e. The van der Waals surface area contributed by atoms with Gasteiger partial charge in [-0.15, -0.1) is 0 Å². The van der Waals surface area contributed by atoms with E-state index in [1.807, 2.05) is 0 Å². The highest BCUT2D eigenvalue weighted by Gasteiger charge is 2.17. The first-order chi connectivity index (χ1) is 5.82. The standard InChI is InChI=1S/C7H8O5S/c1-4-2-6(9)7(3-5(4)8)13(10,11)12/h2-3,8-9H,1H3,(H,10,11,12). The Hall–Kier alpha value is -1.27. The Morgan fingerprint density at radius 2 is 1.69 bits per heavy atom. The van der Waals surface area contributed by atoms with E-state index in [1.165, 1.54) is 6.92 Å². The summed E-state index contributed by atoms with van der Waals surface area (Å²) in [6, 6.07) is 1.85. The van der Waals surface area contributed by atoms with E-state index in [-0.39, 0.29) is 5.75 Å². The van der Waals surface area contributed by atoms with E-state index in [9.17, 15) is 8.42 Å². The third-order valence-corrected chi connectivity index (χ3v) is 2.44. The summed E-state index contributed by atoms with van der Waals surface area (Å²) in [5, 5.41) is 18.2. The lowest BCUT2D eigenvalue weighted by Gasteiger charge is -2.03. The first-order valence-electron chi connectivity index (χ1n) is 3.32. The number of hydrogen-bond acceptors (Lipinski definition) is 4. The molecular weight excluding hydrogens is 196 g/mol. The van der Waals surface area contributed by atoms with Crippen LogP contribution in [0.25, 0.3) is 0 Å². The van der Waals surface area contributed by atoms with Gasteiger partial charge in [-0.2, -0.15) is 8.42 Å². The molecule has 13 heavy (non-hydrogen) atoms. The maximum atomic E-state index is 10.6. The van der Waals surface area contributed by atoms with Crippen molar-refractivity contribution in [2.45, 2.75) is 11.8 Å². The summed E-state index contributed by atoms with van der Waals surface area (Å²) in [6.45, 7) is 1.49. The van der Waals surface area contributed by atoms with Gasteiger partial charge in [-0.25, -0.2) is 0 Å². The van der Waals surface area contributed by atoms with Gasteiger partial charge < -0.3 is 10.2 Å². The first-order valence-corrected chi connectivity index (χ1v) is 4.76. The molecule has 0 unspecified atom stereocenters. The number of aromatic hydroxyl groups is 2. The molecule has 0 heterocycles. The van der Waals surface area contributed by atoms with Crippen LogP contribution in [0.4, 0.5) is 0 Å². The Morgan fingerprint density at radius 1 is 1.15 bits per heavy atom. The van der Waals surface area contributed by atoms with Crippen molar-refractivity contribution in [3.63, 3.8) is 0 Å². The summed E-state index contributed by atoms with van der Waals surface area (Å²) in [5.74, 6) is -0.886. The average molecular weight is 204 g/mol. The highest BCUT2D eigenvalue weighted by Crippen LogP contribution is 2.29. The molecule has 1 aromatic rings. The monoisotopic (exact) mass is 204 g/mol. The molecule has 0 saturated heterocycles. The fourth-order valence-corrected chi connectivity index (χ4v) is 1.45. The molecule has 0 aliphatic rings. The molecule has 0 fully saturated rings. The van der Waals surface area contributed by atoms with Gasteiger partial charge >= 0.3 is 0 Å². The lowest BCUT2D eigenvalue weighted by atomic mass is 10.2. The van der Waals surface area contributed by atoms with Crippen molar-refractivity contribution in [1.29, 1.82) is 0 Å². The lowest BCUT2D eigenvalue weighted by molar-refractivity contribution is 0.431. The second-order valence-electron chi connectivity index (χ2n) is 2.58. The zero-order chi connectivity index (χ0) is 10.2. The summed E-state index contributed by atoms with van der Waals surface area (Å²) in [5.41, 5.74) is 0.324. The van der Waals surface area contributed by atoms with Gasteiger partial charge in [0.15, 0.2) is 0 Å². The van der Waals surface area contributed by atoms with E-state index in [0.717, 1.165) is 12.1 Å². The number of hydrogen-bond donors (Lipinski definition) is 3. The minimum Gasteiger partial charge on any atom is -0.508 e. The molecule has 1 aromatic carbocycles. The Balaban J connectivity index is 3.50. The maximum Gasteiger partial charge on any atom is 0.298 e. The first kappa shape index (κ1) is 9.82. The third kappa shape index (κ3) is 1.90. The van der Waals surface area contributed by atoms with Gasteiger partial charge in [0.1, 0.15) is 16.4 Å². The van der Waals surface area contributed by atoms with Crippen molar-refractivity contribution < 1.29 is 23.2 Å². The number of phenols is 2. The summed E-state index contributed by atoms with van der Waals surface area (Å²) in [4.78, 5) is -0.699. The van der Waals surface area contributed by atoms with Crippen molar-refractivity contribution in [2.24, 2.45) is 0 Å². The van der Waals surface area contributed by atoms with Gasteiger partial charge in [-0.3, -0.25) is 4.55 Å². The number of phenolic OH excluding ortho intramolecular Hbond substituents is 2. The molecule has 0 amide bonds. The van der Waals surface area contributed by atoms with Gasteiger partial charge in [0, 0.05) is 6.07 Å². The molecule has 0 radical (unpaired) electrons. The van der Waals surface area contributed by atoms with Crippen LogP contribution in [-0.4, -0.2) is 23.2 Å². The number of rotatable bonds is 1. The van der Waals surface area contributed by atoms with Gasteiger partial charge in [0.05, 0.1) is 0 Å². The van der Waals surface area contributed by atoms with Gasteiger partial charge in [-0.05, 0) is 18.6 Å². The van der Waals surface area contributed by atoms with Crippen LogP contribution in [0.2, 0.25) is 0 Å². The van der Waals surface area contributed by atoms with Crippen molar-refractivity contribution >= 4 is 10.1 Å². The summed E-state index contributed by atoms with van der Waals surface area (Å²) in [7, 11) is -4.48. The van der Waals surface area contributed by atoms with E-state index >= 15 is 0 Å². The largest absolute Gasteiger partial charge is 0.508 e. The van der Waals surface area contributed by atoms with Crippen molar-refractivity contribution in [3.05, 3.63) is 17.7 Å². The molecule has 0 bridgehead atoms. The molecule has 3 N–H and O–H groups in total. The molecule has 6 heteroatoms. The molecule has 5 nitrogen and oxygen atoms in total. The quantitative estimate of drug-likeness (QED) is 0.461. The van der Waals surface area contributed by atoms with E-state index in [1.54, 1.807) is 0 Å². The van der Waals surface area contributed by atoms with Crippen LogP contribution in [0, 0.1) is 6.92 Å². The fourth-order valence-electron chi connectivity index (χ4n) is 0.869. The predicted octanol–water partition coefficient (Wildman–Crippen LogP) is 0.653. The van der Waals surface area contributed by atoms with E-state index in [4.69, 9.17) is 14.8 Å². The summed E-state index contributed by atoms with van der Waals surface area (Å²) < 4.78 is 29.8. The topological polar surface area (TPSA) is 94.8 Å². The highest BCUT2D eigenvalue weighted by atomic mass is 32.2. The molecule has 0 spiro atoms. The van der Waals surface area contributed by atoms with Crippen LogP contribution in [0.5, 0.6) is 11.5 Å². The molecule has 72 valence electrons. The summed E-state index contributed by atoms with van der Waals surface area (Å²) in [6.07, 6.45) is 0. The van der Waals surface area contributed by atoms with Crippen molar-refractivity contribution in [2.75, 3.05) is 0 Å². The maximum absolute atomic E-state index is 10.6. The minimum absolute atomic E-state index is 0.301. The van der Waals surface area contributed by atoms with Crippen LogP contribution in [0.3, 0.4) is 0 Å². The molecule has 0 saturated carbocycles. The molecule has 0 aromatic heterocycles. The lowest BCUT2D eigenvalue weighted by Crippen LogP contribution is -1.98.